The molecule has 0 heterocycles. The number of esters is 1. The smallest absolute Gasteiger partial charge is 0.306 e. The van der Waals surface area contributed by atoms with E-state index in [0.29, 0.717) is 25.7 Å². The first kappa shape index (κ1) is 58.3. The molecule has 0 saturated heterocycles. The minimum absolute atomic E-state index is 0.0606. The van der Waals surface area contributed by atoms with Crippen molar-refractivity contribution in [2.24, 2.45) is 0 Å². The van der Waals surface area contributed by atoms with Crippen molar-refractivity contribution in [1.82, 2.24) is 5.32 Å². The van der Waals surface area contributed by atoms with Gasteiger partial charge in [-0.25, -0.2) is 0 Å². The highest BCUT2D eigenvalue weighted by Crippen LogP contribution is 2.18. The van der Waals surface area contributed by atoms with Crippen LogP contribution in [0.5, 0.6) is 0 Å². The molecule has 0 aromatic carbocycles. The van der Waals surface area contributed by atoms with E-state index < -0.39 is 18.2 Å². The van der Waals surface area contributed by atoms with Crippen LogP contribution in [-0.2, 0) is 14.3 Å². The molecule has 0 aromatic rings. The van der Waals surface area contributed by atoms with E-state index in [1.54, 1.807) is 0 Å². The van der Waals surface area contributed by atoms with Gasteiger partial charge in [-0.05, 0) is 44.9 Å². The monoisotopic (exact) mass is 846 g/mol. The zero-order valence-electron chi connectivity index (χ0n) is 40.4. The molecular formula is C54H103NO5. The van der Waals surface area contributed by atoms with Crippen molar-refractivity contribution in [3.63, 3.8) is 0 Å². The molecule has 3 N–H and O–H groups in total. The van der Waals surface area contributed by atoms with Gasteiger partial charge >= 0.3 is 5.97 Å². The lowest BCUT2D eigenvalue weighted by atomic mass is 10.0. The molecule has 60 heavy (non-hydrogen) atoms. The molecule has 0 aliphatic rings. The molecule has 0 fully saturated rings. The molecule has 0 bridgehead atoms. The number of nitrogens with one attached hydrogen (secondary N) is 1. The fourth-order valence-electron chi connectivity index (χ4n) is 8.25. The first-order chi connectivity index (χ1) is 29.5. The van der Waals surface area contributed by atoms with Crippen molar-refractivity contribution in [3.8, 4) is 0 Å². The van der Waals surface area contributed by atoms with Crippen molar-refractivity contribution in [2.75, 3.05) is 6.61 Å². The quantitative estimate of drug-likeness (QED) is 0.0322. The summed E-state index contributed by atoms with van der Waals surface area (Å²) < 4.78 is 5.89. The van der Waals surface area contributed by atoms with E-state index >= 15 is 0 Å². The standard InChI is InChI=1S/C54H103NO5/c1-4-7-10-13-16-19-22-24-25-26-27-29-31-34-37-40-43-46-52(57)51(49-56)55-53(58)48-50(45-42-39-36-33-30-21-18-15-12-9-6-3)60-54(59)47-44-41-38-35-32-28-23-20-17-14-11-8-5-2/h28,32,38,41,50-52,56-57H,4-27,29-31,33-37,39-40,42-49H2,1-3H3,(H,55,58)/b32-28-,41-38+. The highest BCUT2D eigenvalue weighted by molar-refractivity contribution is 5.77. The second kappa shape index (κ2) is 48.4. The summed E-state index contributed by atoms with van der Waals surface area (Å²) in [6, 6.07) is -0.707. The van der Waals surface area contributed by atoms with E-state index in [1.807, 2.05) is 0 Å². The first-order valence-electron chi connectivity index (χ1n) is 26.6. The van der Waals surface area contributed by atoms with Crippen LogP contribution in [0, 0.1) is 0 Å². The molecule has 6 heteroatoms. The number of amides is 1. The maximum absolute atomic E-state index is 13.2. The van der Waals surface area contributed by atoms with E-state index in [2.05, 4.69) is 50.4 Å². The number of allylic oxidation sites excluding steroid dienone is 4. The van der Waals surface area contributed by atoms with Gasteiger partial charge in [0.1, 0.15) is 6.10 Å². The number of carbonyl (C=O) groups is 2. The fraction of sp³-hybridized carbons (Fsp3) is 0.889. The normalized spacial score (nSPS) is 13.3. The third-order valence-electron chi connectivity index (χ3n) is 12.3. The summed E-state index contributed by atoms with van der Waals surface area (Å²) in [4.78, 5) is 26.1. The molecular weight excluding hydrogens is 743 g/mol. The third-order valence-corrected chi connectivity index (χ3v) is 12.3. The Morgan fingerprint density at radius 1 is 0.483 bits per heavy atom. The van der Waals surface area contributed by atoms with Crippen LogP contribution in [0.15, 0.2) is 24.3 Å². The number of aliphatic hydroxyl groups excluding tert-OH is 2. The Balaban J connectivity index is 4.50. The average molecular weight is 846 g/mol. The van der Waals surface area contributed by atoms with E-state index in [0.717, 1.165) is 44.9 Å². The van der Waals surface area contributed by atoms with E-state index in [4.69, 9.17) is 4.74 Å². The van der Waals surface area contributed by atoms with Crippen LogP contribution in [0.2, 0.25) is 0 Å². The lowest BCUT2D eigenvalue weighted by Gasteiger charge is -2.24. The molecule has 6 nitrogen and oxygen atoms in total. The summed E-state index contributed by atoms with van der Waals surface area (Å²) in [5.41, 5.74) is 0. The second-order valence-electron chi connectivity index (χ2n) is 18.3. The Morgan fingerprint density at radius 3 is 1.27 bits per heavy atom. The largest absolute Gasteiger partial charge is 0.462 e. The highest BCUT2D eigenvalue weighted by atomic mass is 16.5. The van der Waals surface area contributed by atoms with Crippen LogP contribution in [0.4, 0.5) is 0 Å². The lowest BCUT2D eigenvalue weighted by molar-refractivity contribution is -0.150. The average Bonchev–Trinajstić information content (AvgIpc) is 3.24. The summed E-state index contributed by atoms with van der Waals surface area (Å²) in [6.07, 6.45) is 55.4. The summed E-state index contributed by atoms with van der Waals surface area (Å²) >= 11 is 0. The molecule has 3 atom stereocenters. The number of hydrogen-bond donors (Lipinski definition) is 3. The molecule has 3 unspecified atom stereocenters. The number of hydrogen-bond acceptors (Lipinski definition) is 5. The Hall–Kier alpha value is -1.66. The number of unbranched alkanes of at least 4 members (excludes halogenated alkanes) is 32. The third kappa shape index (κ3) is 43.0. The summed E-state index contributed by atoms with van der Waals surface area (Å²) in [6.45, 7) is 6.48. The Bertz CT molecular complexity index is 950. The van der Waals surface area contributed by atoms with Gasteiger partial charge in [0, 0.05) is 6.42 Å². The van der Waals surface area contributed by atoms with Crippen molar-refractivity contribution in [3.05, 3.63) is 24.3 Å². The van der Waals surface area contributed by atoms with Crippen LogP contribution in [-0.4, -0.2) is 46.9 Å². The van der Waals surface area contributed by atoms with Gasteiger partial charge in [0.05, 0.1) is 25.2 Å². The van der Waals surface area contributed by atoms with Gasteiger partial charge < -0.3 is 20.3 Å². The maximum Gasteiger partial charge on any atom is 0.306 e. The minimum Gasteiger partial charge on any atom is -0.462 e. The summed E-state index contributed by atoms with van der Waals surface area (Å²) in [5, 5.41) is 23.8. The van der Waals surface area contributed by atoms with Gasteiger partial charge in [0.15, 0.2) is 0 Å². The van der Waals surface area contributed by atoms with Crippen LogP contribution in [0.25, 0.3) is 0 Å². The molecule has 0 rings (SSSR count). The first-order valence-corrected chi connectivity index (χ1v) is 26.6. The summed E-state index contributed by atoms with van der Waals surface area (Å²) in [7, 11) is 0. The maximum atomic E-state index is 13.2. The van der Waals surface area contributed by atoms with Crippen molar-refractivity contribution < 1.29 is 24.5 Å². The van der Waals surface area contributed by atoms with Crippen molar-refractivity contribution in [1.29, 1.82) is 0 Å². The van der Waals surface area contributed by atoms with Crippen molar-refractivity contribution in [2.45, 2.75) is 302 Å². The van der Waals surface area contributed by atoms with Gasteiger partial charge in [-0.2, -0.15) is 0 Å². The number of ether oxygens (including phenoxy) is 1. The zero-order chi connectivity index (χ0) is 43.8. The van der Waals surface area contributed by atoms with Gasteiger partial charge in [-0.1, -0.05) is 251 Å². The van der Waals surface area contributed by atoms with Crippen LogP contribution < -0.4 is 5.32 Å². The second-order valence-corrected chi connectivity index (χ2v) is 18.3. The number of rotatable bonds is 48. The molecule has 0 spiro atoms. The van der Waals surface area contributed by atoms with Gasteiger partial charge in [-0.3, -0.25) is 9.59 Å². The molecule has 0 aliphatic heterocycles. The summed E-state index contributed by atoms with van der Waals surface area (Å²) in [5.74, 6) is -0.541. The van der Waals surface area contributed by atoms with Crippen LogP contribution in [0.3, 0.4) is 0 Å². The zero-order valence-corrected chi connectivity index (χ0v) is 40.4. The Labute approximate surface area is 373 Å². The SMILES string of the molecule is CCCCCCCC/C=C\C/C=C/CCC(=O)OC(CCCCCCCCCCCCC)CC(=O)NC(CO)C(O)CCCCCCCCCCCCCCCCCCC. The van der Waals surface area contributed by atoms with Crippen molar-refractivity contribution >= 4 is 11.9 Å². The fourth-order valence-corrected chi connectivity index (χ4v) is 8.25. The molecule has 0 radical (unpaired) electrons. The Kier molecular flexibility index (Phi) is 47.0. The molecule has 0 aliphatic carbocycles. The molecule has 1 amide bonds. The predicted octanol–water partition coefficient (Wildman–Crippen LogP) is 15.9. The van der Waals surface area contributed by atoms with Crippen LogP contribution in [0.1, 0.15) is 284 Å². The van der Waals surface area contributed by atoms with Gasteiger partial charge in [0.2, 0.25) is 5.91 Å². The number of aliphatic hydroxyl groups is 2. The van der Waals surface area contributed by atoms with Gasteiger partial charge in [0.25, 0.3) is 0 Å². The van der Waals surface area contributed by atoms with E-state index in [-0.39, 0.29) is 24.9 Å². The van der Waals surface area contributed by atoms with E-state index in [9.17, 15) is 19.8 Å². The predicted molar refractivity (Wildman–Crippen MR) is 260 cm³/mol. The highest BCUT2D eigenvalue weighted by Gasteiger charge is 2.24. The van der Waals surface area contributed by atoms with E-state index in [1.165, 1.54) is 186 Å². The van der Waals surface area contributed by atoms with Gasteiger partial charge in [-0.15, -0.1) is 0 Å². The molecule has 0 saturated carbocycles. The molecule has 354 valence electrons. The number of carbonyl (C=O) groups excluding carboxylic acids is 2. The topological polar surface area (TPSA) is 95.9 Å². The molecule has 0 aromatic heterocycles. The lowest BCUT2D eigenvalue weighted by Crippen LogP contribution is -2.46. The van der Waals surface area contributed by atoms with Crippen LogP contribution >= 0.6 is 0 Å². The minimum atomic E-state index is -0.792. The Morgan fingerprint density at radius 2 is 0.850 bits per heavy atom.